The number of rotatable bonds is 9. The molecule has 6 rings (SSSR count). The minimum atomic E-state index is -3.59. The number of sulfonamides is 1. The lowest BCUT2D eigenvalue weighted by molar-refractivity contribution is -0.113. The fourth-order valence-corrected chi connectivity index (χ4v) is 7.64. The van der Waals surface area contributed by atoms with E-state index in [1.807, 2.05) is 76.7 Å². The summed E-state index contributed by atoms with van der Waals surface area (Å²) < 4.78 is 29.8. The summed E-state index contributed by atoms with van der Waals surface area (Å²) in [5.74, 6) is 0.367. The first-order valence-corrected chi connectivity index (χ1v) is 16.3. The number of carbonyl (C=O) groups excluding carboxylic acids is 1. The van der Waals surface area contributed by atoms with E-state index in [0.717, 1.165) is 29.8 Å². The largest absolute Gasteiger partial charge is 0.301 e. The quantitative estimate of drug-likeness (QED) is 0.220. The Hall–Kier alpha value is -3.84. The van der Waals surface area contributed by atoms with Crippen molar-refractivity contribution in [2.45, 2.75) is 22.9 Å². The van der Waals surface area contributed by atoms with E-state index in [9.17, 15) is 13.2 Å². The topological polar surface area (TPSA) is 110 Å². The molecule has 3 heterocycles. The Balaban J connectivity index is 1.24. The standard InChI is InChI=1S/C29H26N6O3S3/c36-26(31-28-30-25(19-39-28)21-10-3-1-4-11-21)20-40-29-33-32-27(35(29)23-13-5-2-6-14-23)22-12-9-15-24(18-22)41(37,38)34-16-7-8-17-34/h1-6,9-15,18-19H,7-8,16-17,20H2,(H,30,31,36). The van der Waals surface area contributed by atoms with E-state index in [4.69, 9.17) is 0 Å². The first-order valence-electron chi connectivity index (χ1n) is 13.0. The van der Waals surface area contributed by atoms with E-state index in [2.05, 4.69) is 20.5 Å². The van der Waals surface area contributed by atoms with Gasteiger partial charge in [0.2, 0.25) is 15.9 Å². The second kappa shape index (κ2) is 12.0. The monoisotopic (exact) mass is 602 g/mol. The Kier molecular flexibility index (Phi) is 7.97. The number of amides is 1. The normalized spacial score (nSPS) is 13.9. The molecular formula is C29H26N6O3S3. The van der Waals surface area contributed by atoms with Crippen LogP contribution in [0, 0.1) is 0 Å². The van der Waals surface area contributed by atoms with Crippen LogP contribution in [0.1, 0.15) is 12.8 Å². The van der Waals surface area contributed by atoms with Gasteiger partial charge in [-0.05, 0) is 37.1 Å². The predicted octanol–water partition coefficient (Wildman–Crippen LogP) is 5.57. The molecule has 0 spiro atoms. The highest BCUT2D eigenvalue weighted by Crippen LogP contribution is 2.31. The third kappa shape index (κ3) is 5.96. The zero-order valence-electron chi connectivity index (χ0n) is 21.9. The minimum Gasteiger partial charge on any atom is -0.301 e. The van der Waals surface area contributed by atoms with Crippen molar-refractivity contribution in [3.05, 3.63) is 90.3 Å². The van der Waals surface area contributed by atoms with Gasteiger partial charge in [0.15, 0.2) is 16.1 Å². The summed E-state index contributed by atoms with van der Waals surface area (Å²) in [6.45, 7) is 1.06. The second-order valence-electron chi connectivity index (χ2n) is 9.36. The Labute approximate surface area is 246 Å². The van der Waals surface area contributed by atoms with Crippen molar-refractivity contribution in [2.24, 2.45) is 0 Å². The molecule has 0 atom stereocenters. The van der Waals surface area contributed by atoms with Crippen LogP contribution in [0.4, 0.5) is 5.13 Å². The van der Waals surface area contributed by atoms with Crippen molar-refractivity contribution in [1.29, 1.82) is 0 Å². The van der Waals surface area contributed by atoms with E-state index in [0.29, 0.717) is 34.8 Å². The number of nitrogens with one attached hydrogen (secondary N) is 1. The first kappa shape index (κ1) is 27.3. The van der Waals surface area contributed by atoms with Gasteiger partial charge in [0.25, 0.3) is 0 Å². The van der Waals surface area contributed by atoms with Crippen molar-refractivity contribution in [2.75, 3.05) is 24.2 Å². The number of carbonyl (C=O) groups is 1. The predicted molar refractivity (Wildman–Crippen MR) is 162 cm³/mol. The molecule has 9 nitrogen and oxygen atoms in total. The number of aromatic nitrogens is 4. The number of benzene rings is 3. The Morgan fingerprint density at radius 3 is 2.37 bits per heavy atom. The number of thiazole rings is 1. The third-order valence-corrected chi connectivity index (χ3v) is 10.2. The van der Waals surface area contributed by atoms with Crippen molar-refractivity contribution < 1.29 is 13.2 Å². The summed E-state index contributed by atoms with van der Waals surface area (Å²) in [6, 6.07) is 26.1. The van der Waals surface area contributed by atoms with E-state index in [1.165, 1.54) is 27.4 Å². The molecule has 1 saturated heterocycles. The molecule has 2 aromatic heterocycles. The molecule has 208 valence electrons. The van der Waals surface area contributed by atoms with Gasteiger partial charge in [-0.2, -0.15) is 4.31 Å². The molecule has 0 bridgehead atoms. The summed E-state index contributed by atoms with van der Waals surface area (Å²) in [5, 5.41) is 14.6. The summed E-state index contributed by atoms with van der Waals surface area (Å²) in [5.41, 5.74) is 3.21. The third-order valence-electron chi connectivity index (χ3n) is 6.60. The van der Waals surface area contributed by atoms with Gasteiger partial charge >= 0.3 is 0 Å². The number of hydrogen-bond acceptors (Lipinski definition) is 8. The number of para-hydroxylation sites is 1. The van der Waals surface area contributed by atoms with Gasteiger partial charge < -0.3 is 5.32 Å². The van der Waals surface area contributed by atoms with Gasteiger partial charge in [0.1, 0.15) is 0 Å². The summed E-state index contributed by atoms with van der Waals surface area (Å²) in [7, 11) is -3.59. The van der Waals surface area contributed by atoms with E-state index in [-0.39, 0.29) is 16.6 Å². The molecule has 0 unspecified atom stereocenters. The van der Waals surface area contributed by atoms with Gasteiger partial charge in [-0.25, -0.2) is 13.4 Å². The van der Waals surface area contributed by atoms with Crippen LogP contribution < -0.4 is 5.32 Å². The highest BCUT2D eigenvalue weighted by molar-refractivity contribution is 7.99. The summed E-state index contributed by atoms with van der Waals surface area (Å²) >= 11 is 2.62. The SMILES string of the molecule is O=C(CSc1nnc(-c2cccc(S(=O)(=O)N3CCCC3)c2)n1-c1ccccc1)Nc1nc(-c2ccccc2)cs1. The van der Waals surface area contributed by atoms with Crippen LogP contribution in [0.2, 0.25) is 0 Å². The van der Waals surface area contributed by atoms with E-state index in [1.54, 1.807) is 18.2 Å². The molecule has 12 heteroatoms. The molecule has 0 radical (unpaired) electrons. The molecule has 41 heavy (non-hydrogen) atoms. The summed E-state index contributed by atoms with van der Waals surface area (Å²) in [6.07, 6.45) is 1.73. The molecule has 1 fully saturated rings. The summed E-state index contributed by atoms with van der Waals surface area (Å²) in [4.78, 5) is 17.6. The van der Waals surface area contributed by atoms with E-state index >= 15 is 0 Å². The van der Waals surface area contributed by atoms with Crippen molar-refractivity contribution in [3.8, 4) is 28.3 Å². The minimum absolute atomic E-state index is 0.0919. The second-order valence-corrected chi connectivity index (χ2v) is 13.1. The van der Waals surface area contributed by atoms with Gasteiger partial charge in [-0.15, -0.1) is 21.5 Å². The highest BCUT2D eigenvalue weighted by atomic mass is 32.2. The molecule has 0 saturated carbocycles. The van der Waals surface area contributed by atoms with Crippen LogP contribution >= 0.6 is 23.1 Å². The van der Waals surface area contributed by atoms with Crippen LogP contribution in [0.5, 0.6) is 0 Å². The zero-order chi connectivity index (χ0) is 28.2. The van der Waals surface area contributed by atoms with E-state index < -0.39 is 10.0 Å². The van der Waals surface area contributed by atoms with Gasteiger partial charge in [0, 0.05) is 35.3 Å². The smallest absolute Gasteiger partial charge is 0.243 e. The maximum Gasteiger partial charge on any atom is 0.243 e. The van der Waals surface area contributed by atoms with Gasteiger partial charge in [-0.1, -0.05) is 72.4 Å². The first-order chi connectivity index (χ1) is 20.0. The molecule has 1 aliphatic heterocycles. The maximum atomic E-state index is 13.2. The molecule has 1 N–H and O–H groups in total. The Morgan fingerprint density at radius 2 is 1.61 bits per heavy atom. The number of hydrogen-bond donors (Lipinski definition) is 1. The molecular weight excluding hydrogens is 577 g/mol. The lowest BCUT2D eigenvalue weighted by atomic mass is 10.2. The Bertz CT molecular complexity index is 1770. The van der Waals surface area contributed by atoms with Crippen LogP contribution in [0.15, 0.2) is 100 Å². The lowest BCUT2D eigenvalue weighted by Gasteiger charge is -2.16. The van der Waals surface area contributed by atoms with Crippen LogP contribution in [0.3, 0.4) is 0 Å². The average molecular weight is 603 g/mol. The van der Waals surface area contributed by atoms with Gasteiger partial charge in [-0.3, -0.25) is 9.36 Å². The van der Waals surface area contributed by atoms with Crippen LogP contribution in [-0.4, -0.2) is 57.2 Å². The molecule has 1 aliphatic rings. The van der Waals surface area contributed by atoms with Crippen molar-refractivity contribution in [1.82, 2.24) is 24.1 Å². The van der Waals surface area contributed by atoms with Crippen molar-refractivity contribution >= 4 is 44.2 Å². The Morgan fingerprint density at radius 1 is 0.902 bits per heavy atom. The fourth-order valence-electron chi connectivity index (χ4n) is 4.59. The van der Waals surface area contributed by atoms with Gasteiger partial charge in [0.05, 0.1) is 16.3 Å². The number of nitrogens with zero attached hydrogens (tertiary/aromatic N) is 5. The lowest BCUT2D eigenvalue weighted by Crippen LogP contribution is -2.27. The van der Waals surface area contributed by atoms with Crippen LogP contribution in [-0.2, 0) is 14.8 Å². The molecule has 1 amide bonds. The molecule has 3 aromatic carbocycles. The molecule has 0 aliphatic carbocycles. The highest BCUT2D eigenvalue weighted by Gasteiger charge is 2.28. The zero-order valence-corrected chi connectivity index (χ0v) is 24.3. The number of anilines is 1. The maximum absolute atomic E-state index is 13.2. The van der Waals surface area contributed by atoms with Crippen LogP contribution in [0.25, 0.3) is 28.3 Å². The fraction of sp³-hybridized carbons (Fsp3) is 0.172. The average Bonchev–Trinajstić information content (AvgIpc) is 3.79. The number of thioether (sulfide) groups is 1. The van der Waals surface area contributed by atoms with Crippen molar-refractivity contribution in [3.63, 3.8) is 0 Å². The molecule has 5 aromatic rings.